The third kappa shape index (κ3) is 8.78. The molecule has 1 N–H and O–H groups in total. The maximum atomic E-state index is 13.6. The summed E-state index contributed by atoms with van der Waals surface area (Å²) >= 11 is 0. The minimum absolute atomic E-state index is 0.101. The Morgan fingerprint density at radius 3 is 2.54 bits per heavy atom. The highest BCUT2D eigenvalue weighted by atomic mass is 19.3. The van der Waals surface area contributed by atoms with E-state index < -0.39 is 12.5 Å². The van der Waals surface area contributed by atoms with Gasteiger partial charge >= 0.3 is 0 Å². The van der Waals surface area contributed by atoms with Gasteiger partial charge in [0.05, 0.1) is 6.61 Å². The Bertz CT molecular complexity index is 976. The molecule has 1 saturated carbocycles. The van der Waals surface area contributed by atoms with E-state index in [0.717, 1.165) is 36.1 Å². The van der Waals surface area contributed by atoms with Crippen LogP contribution < -0.4 is 5.32 Å². The molecule has 2 aliphatic rings. The van der Waals surface area contributed by atoms with E-state index in [4.69, 9.17) is 4.74 Å². The van der Waals surface area contributed by atoms with Crippen molar-refractivity contribution in [1.29, 1.82) is 0 Å². The summed E-state index contributed by atoms with van der Waals surface area (Å²) in [5.74, 6) is -1.90. The van der Waals surface area contributed by atoms with Crippen LogP contribution in [0.5, 0.6) is 0 Å². The number of rotatable bonds is 14. The molecular formula is C30H43F2N3O2. The van der Waals surface area contributed by atoms with Crippen LogP contribution in [0.1, 0.15) is 32.3 Å². The molecule has 7 heteroatoms. The van der Waals surface area contributed by atoms with Crippen molar-refractivity contribution in [3.05, 3.63) is 72.0 Å². The van der Waals surface area contributed by atoms with E-state index in [-0.39, 0.29) is 30.5 Å². The molecule has 0 aromatic heterocycles. The lowest BCUT2D eigenvalue weighted by Crippen LogP contribution is -2.44. The monoisotopic (exact) mass is 515 g/mol. The molecule has 0 radical (unpaired) electrons. The van der Waals surface area contributed by atoms with Gasteiger partial charge in [-0.2, -0.15) is 8.78 Å². The van der Waals surface area contributed by atoms with E-state index in [0.29, 0.717) is 18.1 Å². The van der Waals surface area contributed by atoms with Crippen molar-refractivity contribution >= 4 is 5.91 Å². The van der Waals surface area contributed by atoms with Gasteiger partial charge in [0.15, 0.2) is 0 Å². The lowest BCUT2D eigenvalue weighted by Gasteiger charge is -2.33. The van der Waals surface area contributed by atoms with Gasteiger partial charge in [0.1, 0.15) is 6.61 Å². The van der Waals surface area contributed by atoms with Crippen molar-refractivity contribution in [2.75, 3.05) is 40.9 Å². The van der Waals surface area contributed by atoms with E-state index in [9.17, 15) is 13.6 Å². The number of ether oxygens (including phenoxy) is 1. The van der Waals surface area contributed by atoms with E-state index in [1.807, 2.05) is 57.4 Å². The van der Waals surface area contributed by atoms with Gasteiger partial charge in [-0.15, -0.1) is 0 Å². The smallest absolute Gasteiger partial charge is 0.289 e. The summed E-state index contributed by atoms with van der Waals surface area (Å²) in [6.07, 6.45) is 7.34. The van der Waals surface area contributed by atoms with E-state index in [1.54, 1.807) is 0 Å². The molecule has 5 nitrogen and oxygen atoms in total. The number of nitrogens with zero attached hydrogens (tertiary/aromatic N) is 2. The predicted molar refractivity (Wildman–Crippen MR) is 145 cm³/mol. The summed E-state index contributed by atoms with van der Waals surface area (Å²) in [5.41, 5.74) is 2.81. The molecule has 3 unspecified atom stereocenters. The first kappa shape index (κ1) is 29.1. The van der Waals surface area contributed by atoms with Crippen molar-refractivity contribution in [3.8, 4) is 0 Å². The third-order valence-corrected chi connectivity index (χ3v) is 7.59. The van der Waals surface area contributed by atoms with Gasteiger partial charge in [-0.25, -0.2) is 0 Å². The number of alkyl halides is 2. The van der Waals surface area contributed by atoms with Crippen LogP contribution in [-0.4, -0.2) is 74.6 Å². The van der Waals surface area contributed by atoms with Crippen LogP contribution in [0.2, 0.25) is 0 Å². The van der Waals surface area contributed by atoms with Crippen LogP contribution in [0.3, 0.4) is 0 Å². The zero-order chi connectivity index (χ0) is 27.2. The van der Waals surface area contributed by atoms with Crippen molar-refractivity contribution in [2.24, 2.45) is 17.8 Å². The topological polar surface area (TPSA) is 44.8 Å². The molecule has 3 rings (SSSR count). The molecule has 5 atom stereocenters. The molecule has 2 aliphatic carbocycles. The third-order valence-electron chi connectivity index (χ3n) is 7.59. The van der Waals surface area contributed by atoms with Gasteiger partial charge < -0.3 is 15.0 Å². The molecule has 1 aromatic rings. The molecule has 0 spiro atoms. The van der Waals surface area contributed by atoms with Crippen molar-refractivity contribution in [3.63, 3.8) is 0 Å². The first-order valence-corrected chi connectivity index (χ1v) is 13.2. The average molecular weight is 516 g/mol. The number of carbonyl (C=O) groups excluding carboxylic acids is 1. The Labute approximate surface area is 221 Å². The zero-order valence-corrected chi connectivity index (χ0v) is 22.9. The van der Waals surface area contributed by atoms with Gasteiger partial charge in [0.25, 0.3) is 11.8 Å². The van der Waals surface area contributed by atoms with Crippen molar-refractivity contribution in [2.45, 2.75) is 51.1 Å². The quantitative estimate of drug-likeness (QED) is 0.357. The van der Waals surface area contributed by atoms with Gasteiger partial charge in [-0.05, 0) is 49.4 Å². The van der Waals surface area contributed by atoms with Gasteiger partial charge in [0, 0.05) is 56.3 Å². The Balaban J connectivity index is 1.74. The number of carbonyl (C=O) groups is 1. The fourth-order valence-corrected chi connectivity index (χ4v) is 4.73. The molecule has 0 heterocycles. The van der Waals surface area contributed by atoms with Crippen LogP contribution in [0.15, 0.2) is 66.4 Å². The fraction of sp³-hybridized carbons (Fsp3) is 0.567. The van der Waals surface area contributed by atoms with E-state index >= 15 is 0 Å². The zero-order valence-electron chi connectivity index (χ0n) is 22.9. The highest BCUT2D eigenvalue weighted by Gasteiger charge is 2.35. The normalized spacial score (nSPS) is 23.1. The standard InChI is InChI=1S/C30H43F2N3O2/c1-7-30(31,32)20-37-19-22(3)28(14-23-11-9-8-10-12-23)33-29(36)24-15-26(34(4)5)17-27(16-24)35(6)18-25-13-21(25)2/h7-12,15-16,21-22,25,27-28H,1,13-14,17-20H2,2-6H3,(H,33,36)/t21?,22-,25?,27?,28-/m0/s1. The van der Waals surface area contributed by atoms with Crippen LogP contribution in [0.4, 0.5) is 8.78 Å². The average Bonchev–Trinajstić information content (AvgIpc) is 3.57. The molecule has 1 amide bonds. The summed E-state index contributed by atoms with van der Waals surface area (Å²) in [6, 6.07) is 9.73. The summed E-state index contributed by atoms with van der Waals surface area (Å²) in [7, 11) is 6.14. The second-order valence-corrected chi connectivity index (χ2v) is 11.1. The first-order chi connectivity index (χ1) is 17.5. The van der Waals surface area contributed by atoms with Crippen LogP contribution in [0, 0.1) is 17.8 Å². The minimum Gasteiger partial charge on any atom is -0.381 e. The second kappa shape index (κ2) is 12.8. The molecule has 0 saturated heterocycles. The maximum Gasteiger partial charge on any atom is 0.289 e. The molecule has 0 aliphatic heterocycles. The number of benzene rings is 1. The van der Waals surface area contributed by atoms with Gasteiger partial charge in [-0.3, -0.25) is 9.69 Å². The maximum absolute atomic E-state index is 13.6. The number of amides is 1. The molecular weight excluding hydrogens is 472 g/mol. The lowest BCUT2D eigenvalue weighted by molar-refractivity contribution is -0.118. The van der Waals surface area contributed by atoms with Crippen LogP contribution >= 0.6 is 0 Å². The summed E-state index contributed by atoms with van der Waals surface area (Å²) in [4.78, 5) is 18.0. The van der Waals surface area contributed by atoms with Gasteiger partial charge in [-0.1, -0.05) is 56.8 Å². The number of halogens is 2. The highest BCUT2D eigenvalue weighted by Crippen LogP contribution is 2.39. The van der Waals surface area contributed by atoms with E-state index in [2.05, 4.69) is 41.7 Å². The number of nitrogens with one attached hydrogen (secondary N) is 1. The molecule has 1 fully saturated rings. The SMILES string of the molecule is C=CC(F)(F)COC[C@H](C)[C@H](Cc1ccccc1)NC(=O)C1=CC(N(C)CC2CC2C)CC(N(C)C)=C1. The number of likely N-dealkylation sites (N-methyl/N-ethyl adjacent to an activating group) is 1. The first-order valence-electron chi connectivity index (χ1n) is 13.2. The predicted octanol–water partition coefficient (Wildman–Crippen LogP) is 4.92. The Hall–Kier alpha value is -2.51. The molecule has 37 heavy (non-hydrogen) atoms. The van der Waals surface area contributed by atoms with Gasteiger partial charge in [0.2, 0.25) is 0 Å². The highest BCUT2D eigenvalue weighted by molar-refractivity contribution is 5.97. The molecule has 204 valence electrons. The van der Waals surface area contributed by atoms with Crippen LogP contribution in [-0.2, 0) is 16.0 Å². The largest absolute Gasteiger partial charge is 0.381 e. The Kier molecular flexibility index (Phi) is 10.1. The molecule has 0 bridgehead atoms. The summed E-state index contributed by atoms with van der Waals surface area (Å²) in [5, 5.41) is 3.20. The summed E-state index contributed by atoms with van der Waals surface area (Å²) in [6.45, 7) is 7.78. The van der Waals surface area contributed by atoms with Crippen molar-refractivity contribution < 1.29 is 18.3 Å². The lowest BCUT2D eigenvalue weighted by atomic mass is 9.93. The van der Waals surface area contributed by atoms with Crippen molar-refractivity contribution in [1.82, 2.24) is 15.1 Å². The second-order valence-electron chi connectivity index (χ2n) is 11.1. The molecule has 1 aromatic carbocycles. The number of hydrogen-bond acceptors (Lipinski definition) is 4. The van der Waals surface area contributed by atoms with Crippen LogP contribution in [0.25, 0.3) is 0 Å². The Morgan fingerprint density at radius 1 is 1.27 bits per heavy atom. The van der Waals surface area contributed by atoms with E-state index in [1.165, 1.54) is 6.42 Å². The fourth-order valence-electron chi connectivity index (χ4n) is 4.73. The Morgan fingerprint density at radius 2 is 1.95 bits per heavy atom. The summed E-state index contributed by atoms with van der Waals surface area (Å²) < 4.78 is 32.5. The minimum atomic E-state index is -3.07. The number of hydrogen-bond donors (Lipinski definition) is 1.